The molecule has 2 aromatic rings. The van der Waals surface area contributed by atoms with Crippen LogP contribution < -0.4 is 4.72 Å². The van der Waals surface area contributed by atoms with Crippen LogP contribution >= 0.6 is 0 Å². The maximum atomic E-state index is 13.4. The van der Waals surface area contributed by atoms with Gasteiger partial charge in [-0.1, -0.05) is 18.6 Å². The molecule has 4 rings (SSSR count). The standard InChI is InChI=1S/C24H34FN5O3S/c1-34(32,33)27-22(17-20-5-7-21(25)8-6-20)23(31)29-14-9-24(10-15-29,18-28-16-11-26-19-28)30-12-3-2-4-13-30/h5-8,11,16,19,22,27H,2-4,9-10,12-15,17-18H2,1H3/t22-/m0/s1. The van der Waals surface area contributed by atoms with Crippen LogP contribution in [-0.4, -0.2) is 77.7 Å². The summed E-state index contributed by atoms with van der Waals surface area (Å²) in [6, 6.07) is 4.89. The maximum absolute atomic E-state index is 13.4. The second kappa shape index (κ2) is 10.5. The lowest BCUT2D eigenvalue weighted by atomic mass is 9.83. The number of rotatable bonds is 8. The number of nitrogens with zero attached hydrogens (tertiary/aromatic N) is 4. The molecule has 2 saturated heterocycles. The molecule has 0 saturated carbocycles. The van der Waals surface area contributed by atoms with Crippen molar-refractivity contribution in [3.05, 3.63) is 54.4 Å². The Morgan fingerprint density at radius 1 is 1.12 bits per heavy atom. The van der Waals surface area contributed by atoms with Crippen molar-refractivity contribution in [2.24, 2.45) is 0 Å². The van der Waals surface area contributed by atoms with Gasteiger partial charge in [0.25, 0.3) is 0 Å². The molecule has 3 heterocycles. The van der Waals surface area contributed by atoms with E-state index in [2.05, 4.69) is 19.2 Å². The second-order valence-corrected chi connectivity index (χ2v) is 11.4. The van der Waals surface area contributed by atoms with Crippen LogP contribution in [0.2, 0.25) is 0 Å². The zero-order valence-electron chi connectivity index (χ0n) is 19.7. The highest BCUT2D eigenvalue weighted by Gasteiger charge is 2.42. The zero-order valence-corrected chi connectivity index (χ0v) is 20.5. The van der Waals surface area contributed by atoms with E-state index in [-0.39, 0.29) is 23.7 Å². The van der Waals surface area contributed by atoms with Gasteiger partial charge in [-0.25, -0.2) is 22.5 Å². The summed E-state index contributed by atoms with van der Waals surface area (Å²) in [5.41, 5.74) is 0.657. The lowest BCUT2D eigenvalue weighted by Crippen LogP contribution is -2.61. The molecule has 1 atom stereocenters. The SMILES string of the molecule is CS(=O)(=O)N[C@@H](Cc1ccc(F)cc1)C(=O)N1CCC(Cn2ccnc2)(N2CCCCC2)CC1. The smallest absolute Gasteiger partial charge is 0.241 e. The lowest BCUT2D eigenvalue weighted by molar-refractivity contribution is -0.136. The molecule has 2 aliphatic heterocycles. The van der Waals surface area contributed by atoms with Gasteiger partial charge in [0.2, 0.25) is 15.9 Å². The number of hydrogen-bond acceptors (Lipinski definition) is 5. The van der Waals surface area contributed by atoms with E-state index in [1.165, 1.54) is 31.4 Å². The van der Waals surface area contributed by atoms with Gasteiger partial charge in [-0.15, -0.1) is 0 Å². The monoisotopic (exact) mass is 491 g/mol. The molecular weight excluding hydrogens is 457 g/mol. The lowest BCUT2D eigenvalue weighted by Gasteiger charge is -2.50. The third-order valence-corrected chi connectivity index (χ3v) is 7.79. The number of imidazole rings is 1. The minimum absolute atomic E-state index is 0.0470. The minimum atomic E-state index is -3.60. The number of benzene rings is 1. The topological polar surface area (TPSA) is 87.5 Å². The van der Waals surface area contributed by atoms with Crippen molar-refractivity contribution in [2.45, 2.75) is 56.7 Å². The van der Waals surface area contributed by atoms with Crippen LogP contribution in [0.3, 0.4) is 0 Å². The summed E-state index contributed by atoms with van der Waals surface area (Å²) in [6.45, 7) is 4.08. The average Bonchev–Trinajstić information content (AvgIpc) is 3.33. The van der Waals surface area contributed by atoms with E-state index < -0.39 is 16.1 Å². The van der Waals surface area contributed by atoms with Gasteiger partial charge >= 0.3 is 0 Å². The van der Waals surface area contributed by atoms with E-state index in [1.807, 2.05) is 12.5 Å². The third kappa shape index (κ3) is 6.22. The number of piperidine rings is 2. The third-order valence-electron chi connectivity index (χ3n) is 7.08. The Morgan fingerprint density at radius 3 is 2.38 bits per heavy atom. The predicted octanol–water partition coefficient (Wildman–Crippen LogP) is 2.03. The molecule has 1 aromatic carbocycles. The number of aromatic nitrogens is 2. The van der Waals surface area contributed by atoms with Crippen molar-refractivity contribution in [1.82, 2.24) is 24.1 Å². The fourth-order valence-corrected chi connectivity index (χ4v) is 6.02. The summed E-state index contributed by atoms with van der Waals surface area (Å²) in [6.07, 6.45) is 12.1. The molecule has 10 heteroatoms. The predicted molar refractivity (Wildman–Crippen MR) is 128 cm³/mol. The van der Waals surface area contributed by atoms with Crippen molar-refractivity contribution in [1.29, 1.82) is 0 Å². The molecule has 0 spiro atoms. The summed E-state index contributed by atoms with van der Waals surface area (Å²) in [5.74, 6) is -0.602. The highest BCUT2D eigenvalue weighted by Crippen LogP contribution is 2.33. The van der Waals surface area contributed by atoms with E-state index in [1.54, 1.807) is 23.2 Å². The Labute approximate surface area is 201 Å². The number of amides is 1. The number of carbonyl (C=O) groups excluding carboxylic acids is 1. The van der Waals surface area contributed by atoms with Crippen molar-refractivity contribution >= 4 is 15.9 Å². The zero-order chi connectivity index (χ0) is 24.2. The van der Waals surface area contributed by atoms with Crippen molar-refractivity contribution in [3.8, 4) is 0 Å². The van der Waals surface area contributed by atoms with Gasteiger partial charge in [-0.2, -0.15) is 0 Å². The molecule has 0 unspecified atom stereocenters. The molecule has 2 aliphatic rings. The van der Waals surface area contributed by atoms with E-state index in [9.17, 15) is 17.6 Å². The molecule has 0 radical (unpaired) electrons. The normalized spacial score (nSPS) is 20.2. The summed E-state index contributed by atoms with van der Waals surface area (Å²) in [4.78, 5) is 22.0. The molecule has 1 aromatic heterocycles. The van der Waals surface area contributed by atoms with Gasteiger partial charge in [0.15, 0.2) is 0 Å². The maximum Gasteiger partial charge on any atom is 0.241 e. The Bertz CT molecular complexity index is 1040. The molecular formula is C24H34FN5O3S. The highest BCUT2D eigenvalue weighted by atomic mass is 32.2. The van der Waals surface area contributed by atoms with Crippen LogP contribution in [0.1, 0.15) is 37.7 Å². The number of nitrogens with one attached hydrogen (secondary N) is 1. The number of likely N-dealkylation sites (tertiary alicyclic amines) is 2. The first-order valence-electron chi connectivity index (χ1n) is 12.0. The first-order valence-corrected chi connectivity index (χ1v) is 13.8. The summed E-state index contributed by atoms with van der Waals surface area (Å²) >= 11 is 0. The van der Waals surface area contributed by atoms with Gasteiger partial charge in [0.1, 0.15) is 11.9 Å². The first kappa shape index (κ1) is 24.8. The van der Waals surface area contributed by atoms with Crippen LogP contribution in [0.25, 0.3) is 0 Å². The molecule has 1 amide bonds. The number of sulfonamides is 1. The molecule has 0 aliphatic carbocycles. The van der Waals surface area contributed by atoms with Crippen LogP contribution in [0.4, 0.5) is 4.39 Å². The van der Waals surface area contributed by atoms with Gasteiger partial charge in [0, 0.05) is 37.6 Å². The van der Waals surface area contributed by atoms with E-state index in [4.69, 9.17) is 0 Å². The van der Waals surface area contributed by atoms with Crippen molar-refractivity contribution < 1.29 is 17.6 Å². The fraction of sp³-hybridized carbons (Fsp3) is 0.583. The fourth-order valence-electron chi connectivity index (χ4n) is 5.32. The quantitative estimate of drug-likeness (QED) is 0.611. The first-order chi connectivity index (χ1) is 16.2. The van der Waals surface area contributed by atoms with E-state index in [0.717, 1.165) is 38.7 Å². The number of hydrogen-bond donors (Lipinski definition) is 1. The summed E-state index contributed by atoms with van der Waals surface area (Å²) in [7, 11) is -3.60. The Hall–Kier alpha value is -2.30. The minimum Gasteiger partial charge on any atom is -0.341 e. The van der Waals surface area contributed by atoms with Gasteiger partial charge in [-0.3, -0.25) is 9.69 Å². The van der Waals surface area contributed by atoms with Crippen molar-refractivity contribution in [2.75, 3.05) is 32.4 Å². The van der Waals surface area contributed by atoms with Gasteiger partial charge in [-0.05, 0) is 62.9 Å². The Kier molecular flexibility index (Phi) is 7.69. The molecule has 2 fully saturated rings. The molecule has 1 N–H and O–H groups in total. The summed E-state index contributed by atoms with van der Waals surface area (Å²) in [5, 5.41) is 0. The number of halogens is 1. The highest BCUT2D eigenvalue weighted by molar-refractivity contribution is 7.88. The van der Waals surface area contributed by atoms with Crippen LogP contribution in [0.5, 0.6) is 0 Å². The molecule has 0 bridgehead atoms. The van der Waals surface area contributed by atoms with E-state index in [0.29, 0.717) is 18.7 Å². The van der Waals surface area contributed by atoms with Gasteiger partial charge in [0.05, 0.1) is 12.6 Å². The molecule has 34 heavy (non-hydrogen) atoms. The largest absolute Gasteiger partial charge is 0.341 e. The van der Waals surface area contributed by atoms with Crippen LogP contribution in [-0.2, 0) is 27.8 Å². The molecule has 186 valence electrons. The van der Waals surface area contributed by atoms with Crippen LogP contribution in [0.15, 0.2) is 43.0 Å². The average molecular weight is 492 g/mol. The van der Waals surface area contributed by atoms with Gasteiger partial charge < -0.3 is 9.47 Å². The Balaban J connectivity index is 1.48. The van der Waals surface area contributed by atoms with Crippen LogP contribution in [0, 0.1) is 5.82 Å². The van der Waals surface area contributed by atoms with E-state index >= 15 is 0 Å². The number of carbonyl (C=O) groups is 1. The molecule has 8 nitrogen and oxygen atoms in total. The Morgan fingerprint density at radius 2 is 1.79 bits per heavy atom. The second-order valence-electron chi connectivity index (χ2n) is 9.61. The summed E-state index contributed by atoms with van der Waals surface area (Å²) < 4.78 is 41.9. The van der Waals surface area contributed by atoms with Crippen molar-refractivity contribution in [3.63, 3.8) is 0 Å².